The Kier molecular flexibility index (Phi) is 5.98. The third kappa shape index (κ3) is 4.75. The molecule has 2 amide bonds. The van der Waals surface area contributed by atoms with E-state index >= 15 is 0 Å². The fraction of sp³-hybridized carbons (Fsp3) is 0.308. The Morgan fingerprint density at radius 2 is 1.71 bits per heavy atom. The van der Waals surface area contributed by atoms with Crippen LogP contribution >= 0.6 is 0 Å². The Hall–Kier alpha value is -4.14. The maximum Gasteiger partial charge on any atom is 0.411 e. The van der Waals surface area contributed by atoms with Crippen LogP contribution in [0.15, 0.2) is 60.9 Å². The van der Waals surface area contributed by atoms with E-state index in [2.05, 4.69) is 40.0 Å². The van der Waals surface area contributed by atoms with Crippen LogP contribution in [0.1, 0.15) is 42.7 Å². The van der Waals surface area contributed by atoms with Crippen LogP contribution in [-0.4, -0.2) is 45.0 Å². The van der Waals surface area contributed by atoms with Crippen molar-refractivity contribution < 1.29 is 24.2 Å². The molecule has 9 heteroatoms. The summed E-state index contributed by atoms with van der Waals surface area (Å²) in [5, 5.41) is 18.7. The van der Waals surface area contributed by atoms with E-state index < -0.39 is 17.6 Å². The molecular formula is C26H26N4O5. The van der Waals surface area contributed by atoms with Crippen molar-refractivity contribution >= 4 is 23.7 Å². The molecule has 0 bridgehead atoms. The van der Waals surface area contributed by atoms with Crippen LogP contribution in [-0.2, 0) is 20.9 Å². The number of anilines is 1. The van der Waals surface area contributed by atoms with Crippen molar-refractivity contribution in [3.8, 4) is 11.1 Å². The second kappa shape index (κ2) is 9.25. The number of amides is 2. The van der Waals surface area contributed by atoms with E-state index in [1.165, 1.54) is 17.1 Å². The molecule has 0 spiro atoms. The molecule has 35 heavy (non-hydrogen) atoms. The maximum atomic E-state index is 12.5. The van der Waals surface area contributed by atoms with Gasteiger partial charge in [-0.15, -0.1) is 0 Å². The van der Waals surface area contributed by atoms with Crippen molar-refractivity contribution in [2.24, 2.45) is 0 Å². The maximum absolute atomic E-state index is 12.5. The molecule has 9 nitrogen and oxygen atoms in total. The molecule has 0 saturated heterocycles. The van der Waals surface area contributed by atoms with E-state index in [9.17, 15) is 14.4 Å². The summed E-state index contributed by atoms with van der Waals surface area (Å²) in [4.78, 5) is 36.0. The molecule has 1 fully saturated rings. The number of hydrogen-bond acceptors (Lipinski definition) is 5. The number of aliphatic carboxylic acids is 1. The predicted octanol–water partition coefficient (Wildman–Crippen LogP) is 3.76. The van der Waals surface area contributed by atoms with Crippen LogP contribution in [0.5, 0.6) is 0 Å². The summed E-state index contributed by atoms with van der Waals surface area (Å²) in [7, 11) is 0. The smallest absolute Gasteiger partial charge is 0.411 e. The minimum atomic E-state index is -0.932. The van der Waals surface area contributed by atoms with Gasteiger partial charge in [0.2, 0.25) is 5.91 Å². The predicted molar refractivity (Wildman–Crippen MR) is 128 cm³/mol. The molecule has 2 aliphatic rings. The van der Waals surface area contributed by atoms with Gasteiger partial charge in [0.1, 0.15) is 13.2 Å². The molecule has 3 N–H and O–H groups in total. The van der Waals surface area contributed by atoms with E-state index in [-0.39, 0.29) is 31.4 Å². The number of hydrogen-bond donors (Lipinski definition) is 3. The molecule has 180 valence electrons. The number of carbonyl (C=O) groups excluding carboxylic acids is 2. The minimum absolute atomic E-state index is 0.0378. The zero-order chi connectivity index (χ0) is 24.4. The third-order valence-electron chi connectivity index (χ3n) is 6.73. The second-order valence-electron chi connectivity index (χ2n) is 9.13. The van der Waals surface area contributed by atoms with Gasteiger partial charge >= 0.3 is 12.1 Å². The first-order valence-electron chi connectivity index (χ1n) is 11.6. The van der Waals surface area contributed by atoms with Crippen LogP contribution in [0.2, 0.25) is 0 Å². The monoisotopic (exact) mass is 474 g/mol. The summed E-state index contributed by atoms with van der Waals surface area (Å²) < 4.78 is 6.93. The molecule has 0 radical (unpaired) electrons. The van der Waals surface area contributed by atoms with Crippen LogP contribution in [0.25, 0.3) is 11.1 Å². The highest BCUT2D eigenvalue weighted by atomic mass is 16.5. The number of fused-ring (bicyclic) bond motifs is 3. The zero-order valence-corrected chi connectivity index (χ0v) is 19.1. The largest absolute Gasteiger partial charge is 0.481 e. The molecule has 3 aromatic rings. The fourth-order valence-corrected chi connectivity index (χ4v) is 4.99. The van der Waals surface area contributed by atoms with Crippen molar-refractivity contribution in [3.63, 3.8) is 0 Å². The summed E-state index contributed by atoms with van der Waals surface area (Å²) in [5.74, 6) is -1.29. The SMILES string of the molecule is O=C(O)CC1(NC(=O)Cn2cc(NC(=O)OCC3c4ccccc4-c4ccccc43)cn2)CCC1. The molecule has 1 saturated carbocycles. The van der Waals surface area contributed by atoms with E-state index in [4.69, 9.17) is 9.84 Å². The van der Waals surface area contributed by atoms with Crippen LogP contribution in [0, 0.1) is 0 Å². The Balaban J connectivity index is 1.15. The average molecular weight is 475 g/mol. The lowest BCUT2D eigenvalue weighted by Gasteiger charge is -2.41. The highest BCUT2D eigenvalue weighted by Crippen LogP contribution is 2.44. The highest BCUT2D eigenvalue weighted by Gasteiger charge is 2.40. The van der Waals surface area contributed by atoms with Gasteiger partial charge in [-0.25, -0.2) is 4.79 Å². The molecular weight excluding hydrogens is 448 g/mol. The number of nitrogens with zero attached hydrogens (tertiary/aromatic N) is 2. The lowest BCUT2D eigenvalue weighted by Crippen LogP contribution is -2.55. The van der Waals surface area contributed by atoms with Gasteiger partial charge in [-0.2, -0.15) is 5.10 Å². The van der Waals surface area contributed by atoms with E-state index in [1.807, 2.05) is 24.3 Å². The topological polar surface area (TPSA) is 123 Å². The summed E-state index contributed by atoms with van der Waals surface area (Å²) in [5.41, 5.74) is 4.31. The Labute approximate surface area is 202 Å². The highest BCUT2D eigenvalue weighted by molar-refractivity contribution is 5.85. The summed E-state index contributed by atoms with van der Waals surface area (Å²) in [6.07, 6.45) is 4.47. The van der Waals surface area contributed by atoms with Gasteiger partial charge in [0.05, 0.1) is 23.8 Å². The molecule has 0 aliphatic heterocycles. The number of benzene rings is 2. The first-order valence-corrected chi connectivity index (χ1v) is 11.6. The zero-order valence-electron chi connectivity index (χ0n) is 19.1. The second-order valence-corrected chi connectivity index (χ2v) is 9.13. The summed E-state index contributed by atoms with van der Waals surface area (Å²) >= 11 is 0. The van der Waals surface area contributed by atoms with Crippen molar-refractivity contribution in [1.82, 2.24) is 15.1 Å². The number of nitrogens with one attached hydrogen (secondary N) is 2. The van der Waals surface area contributed by atoms with Gasteiger partial charge in [0.25, 0.3) is 0 Å². The van der Waals surface area contributed by atoms with Gasteiger partial charge in [0.15, 0.2) is 0 Å². The van der Waals surface area contributed by atoms with Crippen molar-refractivity contribution in [2.75, 3.05) is 11.9 Å². The number of aromatic nitrogens is 2. The standard InChI is InChI=1S/C26H26N4O5/c31-23(29-26(10-5-11-26)12-24(32)33)15-30-14-17(13-27-30)28-25(34)35-16-22-20-8-3-1-6-18(20)19-7-2-4-9-21(19)22/h1-4,6-9,13-14,22H,5,10-12,15-16H2,(H,28,34)(H,29,31)(H,32,33). The van der Waals surface area contributed by atoms with Crippen LogP contribution in [0.4, 0.5) is 10.5 Å². The van der Waals surface area contributed by atoms with Gasteiger partial charge in [-0.3, -0.25) is 19.6 Å². The molecule has 1 heterocycles. The molecule has 2 aliphatic carbocycles. The molecule has 0 atom stereocenters. The van der Waals surface area contributed by atoms with E-state index in [1.54, 1.807) is 0 Å². The van der Waals surface area contributed by atoms with Gasteiger partial charge in [-0.1, -0.05) is 48.5 Å². The van der Waals surface area contributed by atoms with Crippen molar-refractivity contribution in [3.05, 3.63) is 72.1 Å². The van der Waals surface area contributed by atoms with Crippen LogP contribution < -0.4 is 10.6 Å². The first-order chi connectivity index (χ1) is 16.9. The number of rotatable bonds is 8. The molecule has 1 aromatic heterocycles. The number of carboxylic acids is 1. The Morgan fingerprint density at radius 1 is 1.06 bits per heavy atom. The fourth-order valence-electron chi connectivity index (χ4n) is 4.99. The Morgan fingerprint density at radius 3 is 2.31 bits per heavy atom. The number of ether oxygens (including phenoxy) is 1. The summed E-state index contributed by atoms with van der Waals surface area (Å²) in [6.45, 7) is 0.121. The van der Waals surface area contributed by atoms with Crippen LogP contribution in [0.3, 0.4) is 0 Å². The lowest BCUT2D eigenvalue weighted by atomic mass is 9.74. The molecule has 2 aromatic carbocycles. The van der Waals surface area contributed by atoms with E-state index in [0.717, 1.165) is 28.7 Å². The minimum Gasteiger partial charge on any atom is -0.481 e. The summed E-state index contributed by atoms with van der Waals surface area (Å²) in [6, 6.07) is 16.2. The number of carboxylic acid groups (broad SMARTS) is 1. The average Bonchev–Trinajstić information content (AvgIpc) is 3.37. The quantitative estimate of drug-likeness (QED) is 0.457. The first kappa shape index (κ1) is 22.6. The van der Waals surface area contributed by atoms with Gasteiger partial charge in [-0.05, 0) is 41.5 Å². The molecule has 5 rings (SSSR count). The van der Waals surface area contributed by atoms with Crippen molar-refractivity contribution in [2.45, 2.75) is 43.7 Å². The van der Waals surface area contributed by atoms with E-state index in [0.29, 0.717) is 18.5 Å². The van der Waals surface area contributed by atoms with Crippen molar-refractivity contribution in [1.29, 1.82) is 0 Å². The third-order valence-corrected chi connectivity index (χ3v) is 6.73. The lowest BCUT2D eigenvalue weighted by molar-refractivity contribution is -0.140. The van der Waals surface area contributed by atoms with Gasteiger partial charge in [0, 0.05) is 12.1 Å². The molecule has 0 unspecified atom stereocenters. The number of carbonyl (C=O) groups is 3. The van der Waals surface area contributed by atoms with Gasteiger partial charge < -0.3 is 15.2 Å². The Bertz CT molecular complexity index is 1230. The normalized spacial score (nSPS) is 15.4.